The molecule has 0 amide bonds. The Kier molecular flexibility index (Phi) is 3.28. The van der Waals surface area contributed by atoms with Crippen LogP contribution in [0, 0.1) is 0 Å². The van der Waals surface area contributed by atoms with Gasteiger partial charge in [0.2, 0.25) is 0 Å². The Morgan fingerprint density at radius 2 is 2.16 bits per heavy atom. The van der Waals surface area contributed by atoms with Crippen molar-refractivity contribution < 1.29 is 9.53 Å². The van der Waals surface area contributed by atoms with Crippen molar-refractivity contribution in [3.63, 3.8) is 0 Å². The molecule has 1 aliphatic carbocycles. The minimum absolute atomic E-state index is 0.217. The summed E-state index contributed by atoms with van der Waals surface area (Å²) >= 11 is 0. The fourth-order valence-electron chi connectivity index (χ4n) is 2.87. The highest BCUT2D eigenvalue weighted by Gasteiger charge is 2.19. The highest BCUT2D eigenvalue weighted by molar-refractivity contribution is 6.04. The van der Waals surface area contributed by atoms with E-state index in [9.17, 15) is 4.79 Å². The molecule has 0 bridgehead atoms. The second-order valence-electron chi connectivity index (χ2n) is 5.15. The van der Waals surface area contributed by atoms with Gasteiger partial charge in [-0.25, -0.2) is 4.79 Å². The lowest BCUT2D eigenvalue weighted by atomic mass is 9.95. The Bertz CT molecular complexity index is 612. The number of H-pyrrole nitrogens is 1. The first kappa shape index (κ1) is 12.3. The zero-order valence-electron chi connectivity index (χ0n) is 11.3. The molecule has 1 aromatic heterocycles. The van der Waals surface area contributed by atoms with Crippen molar-refractivity contribution in [2.75, 3.05) is 6.61 Å². The molecule has 100 valence electrons. The number of aromatic nitrogens is 1. The highest BCUT2D eigenvalue weighted by atomic mass is 16.5. The van der Waals surface area contributed by atoms with Crippen LogP contribution in [0.15, 0.2) is 18.2 Å². The number of hydrogen-bond acceptors (Lipinski definition) is 2. The number of hydrogen-bond donors (Lipinski definition) is 1. The van der Waals surface area contributed by atoms with Gasteiger partial charge >= 0.3 is 5.97 Å². The summed E-state index contributed by atoms with van der Waals surface area (Å²) in [5.41, 5.74) is 4.32. The Morgan fingerprint density at radius 3 is 3.00 bits per heavy atom. The van der Waals surface area contributed by atoms with Gasteiger partial charge in [-0.3, -0.25) is 0 Å². The quantitative estimate of drug-likeness (QED) is 0.853. The lowest BCUT2D eigenvalue weighted by Gasteiger charge is -2.10. The van der Waals surface area contributed by atoms with E-state index in [0.29, 0.717) is 12.2 Å². The van der Waals surface area contributed by atoms with Crippen LogP contribution in [0.2, 0.25) is 0 Å². The van der Waals surface area contributed by atoms with Crippen molar-refractivity contribution in [2.24, 2.45) is 0 Å². The lowest BCUT2D eigenvalue weighted by molar-refractivity contribution is 0.0507. The number of para-hydroxylation sites is 1. The van der Waals surface area contributed by atoms with E-state index in [4.69, 9.17) is 4.74 Å². The molecule has 0 unspecified atom stereocenters. The Balaban J connectivity index is 2.06. The van der Waals surface area contributed by atoms with Gasteiger partial charge < -0.3 is 9.72 Å². The van der Waals surface area contributed by atoms with Gasteiger partial charge in [-0.2, -0.15) is 0 Å². The average molecular weight is 257 g/mol. The summed E-state index contributed by atoms with van der Waals surface area (Å²) in [6, 6.07) is 5.91. The van der Waals surface area contributed by atoms with E-state index < -0.39 is 0 Å². The van der Waals surface area contributed by atoms with Crippen LogP contribution in [0.5, 0.6) is 0 Å². The molecule has 1 N–H and O–H groups in total. The zero-order valence-corrected chi connectivity index (χ0v) is 11.3. The molecule has 0 atom stereocenters. The summed E-state index contributed by atoms with van der Waals surface area (Å²) in [5.74, 6) is -0.217. The van der Waals surface area contributed by atoms with Gasteiger partial charge in [-0.1, -0.05) is 19.1 Å². The molecule has 1 aliphatic rings. The van der Waals surface area contributed by atoms with Crippen LogP contribution in [0.3, 0.4) is 0 Å². The second kappa shape index (κ2) is 5.08. The first-order valence-corrected chi connectivity index (χ1v) is 7.11. The van der Waals surface area contributed by atoms with Crippen LogP contribution in [-0.4, -0.2) is 17.6 Å². The van der Waals surface area contributed by atoms with Crippen molar-refractivity contribution in [2.45, 2.75) is 39.0 Å². The molecular formula is C16H19NO2. The SMILES string of the molecule is CCCOC(=O)c1cccc2c3c([nH]c12)CCCC3. The van der Waals surface area contributed by atoms with Crippen LogP contribution >= 0.6 is 0 Å². The van der Waals surface area contributed by atoms with Gasteiger partial charge in [0, 0.05) is 11.1 Å². The summed E-state index contributed by atoms with van der Waals surface area (Å²) in [6.07, 6.45) is 5.53. The molecule has 2 aromatic rings. The summed E-state index contributed by atoms with van der Waals surface area (Å²) < 4.78 is 5.26. The first-order chi connectivity index (χ1) is 9.31. The van der Waals surface area contributed by atoms with E-state index in [-0.39, 0.29) is 5.97 Å². The molecule has 0 saturated carbocycles. The largest absolute Gasteiger partial charge is 0.462 e. The van der Waals surface area contributed by atoms with Crippen molar-refractivity contribution in [1.82, 2.24) is 4.98 Å². The van der Waals surface area contributed by atoms with Crippen LogP contribution in [-0.2, 0) is 17.6 Å². The van der Waals surface area contributed by atoms with E-state index in [1.807, 2.05) is 19.1 Å². The number of rotatable bonds is 3. The number of nitrogens with one attached hydrogen (secondary N) is 1. The highest BCUT2D eigenvalue weighted by Crippen LogP contribution is 2.30. The van der Waals surface area contributed by atoms with Crippen LogP contribution in [0.4, 0.5) is 0 Å². The maximum atomic E-state index is 12.1. The third-order valence-corrected chi connectivity index (χ3v) is 3.79. The van der Waals surface area contributed by atoms with E-state index in [2.05, 4.69) is 11.1 Å². The molecule has 0 spiro atoms. The molecule has 1 heterocycles. The number of fused-ring (bicyclic) bond motifs is 3. The van der Waals surface area contributed by atoms with Gasteiger partial charge in [-0.15, -0.1) is 0 Å². The second-order valence-corrected chi connectivity index (χ2v) is 5.15. The molecule has 1 aromatic carbocycles. The Morgan fingerprint density at radius 1 is 1.32 bits per heavy atom. The molecule has 0 radical (unpaired) electrons. The topological polar surface area (TPSA) is 42.1 Å². The van der Waals surface area contributed by atoms with E-state index in [1.54, 1.807) is 0 Å². The summed E-state index contributed by atoms with van der Waals surface area (Å²) in [4.78, 5) is 15.5. The van der Waals surface area contributed by atoms with E-state index >= 15 is 0 Å². The number of carbonyl (C=O) groups is 1. The fourth-order valence-corrected chi connectivity index (χ4v) is 2.87. The summed E-state index contributed by atoms with van der Waals surface area (Å²) in [6.45, 7) is 2.48. The van der Waals surface area contributed by atoms with Crippen molar-refractivity contribution in [3.05, 3.63) is 35.0 Å². The number of benzene rings is 1. The minimum Gasteiger partial charge on any atom is -0.462 e. The summed E-state index contributed by atoms with van der Waals surface area (Å²) in [7, 11) is 0. The van der Waals surface area contributed by atoms with Crippen molar-refractivity contribution in [1.29, 1.82) is 0 Å². The van der Waals surface area contributed by atoms with Gasteiger partial charge in [0.05, 0.1) is 17.7 Å². The average Bonchev–Trinajstić information content (AvgIpc) is 2.83. The third-order valence-electron chi connectivity index (χ3n) is 3.79. The number of esters is 1. The van der Waals surface area contributed by atoms with Crippen molar-refractivity contribution >= 4 is 16.9 Å². The molecule has 0 saturated heterocycles. The van der Waals surface area contributed by atoms with E-state index in [1.165, 1.54) is 29.5 Å². The summed E-state index contributed by atoms with van der Waals surface area (Å²) in [5, 5.41) is 1.20. The predicted molar refractivity (Wildman–Crippen MR) is 75.5 cm³/mol. The maximum absolute atomic E-state index is 12.1. The maximum Gasteiger partial charge on any atom is 0.340 e. The van der Waals surface area contributed by atoms with Gasteiger partial charge in [0.1, 0.15) is 0 Å². The number of aromatic amines is 1. The van der Waals surface area contributed by atoms with Gasteiger partial charge in [0.25, 0.3) is 0 Å². The third kappa shape index (κ3) is 2.14. The van der Waals surface area contributed by atoms with Crippen LogP contribution < -0.4 is 0 Å². The number of ether oxygens (including phenoxy) is 1. The van der Waals surface area contributed by atoms with Gasteiger partial charge in [0.15, 0.2) is 0 Å². The van der Waals surface area contributed by atoms with Crippen LogP contribution in [0.25, 0.3) is 10.9 Å². The Labute approximate surface area is 113 Å². The minimum atomic E-state index is -0.217. The molecule has 3 nitrogen and oxygen atoms in total. The Hall–Kier alpha value is -1.77. The number of aryl methyl sites for hydroxylation is 2. The molecule has 0 fully saturated rings. The molecule has 0 aliphatic heterocycles. The predicted octanol–water partition coefficient (Wildman–Crippen LogP) is 3.61. The monoisotopic (exact) mass is 257 g/mol. The smallest absolute Gasteiger partial charge is 0.340 e. The van der Waals surface area contributed by atoms with Gasteiger partial charge in [-0.05, 0) is 43.7 Å². The zero-order chi connectivity index (χ0) is 13.2. The first-order valence-electron chi connectivity index (χ1n) is 7.11. The van der Waals surface area contributed by atoms with E-state index in [0.717, 1.165) is 24.8 Å². The standard InChI is InChI=1S/C16H19NO2/c1-2-10-19-16(18)13-8-5-7-12-11-6-3-4-9-14(11)17-15(12)13/h5,7-8,17H,2-4,6,9-10H2,1H3. The normalized spacial score (nSPS) is 14.4. The van der Waals surface area contributed by atoms with Crippen LogP contribution in [0.1, 0.15) is 47.8 Å². The number of carbonyl (C=O) groups excluding carboxylic acids is 1. The van der Waals surface area contributed by atoms with Crippen molar-refractivity contribution in [3.8, 4) is 0 Å². The lowest BCUT2D eigenvalue weighted by Crippen LogP contribution is -2.06. The molecule has 19 heavy (non-hydrogen) atoms. The fraction of sp³-hybridized carbons (Fsp3) is 0.438. The molecule has 3 rings (SSSR count). The molecular weight excluding hydrogens is 238 g/mol. The molecule has 3 heteroatoms.